The molecule has 2 fully saturated rings. The Bertz CT molecular complexity index is 2110. The van der Waals surface area contributed by atoms with Crippen molar-refractivity contribution in [2.75, 3.05) is 26.9 Å². The van der Waals surface area contributed by atoms with Gasteiger partial charge in [0.2, 0.25) is 5.91 Å². The molecule has 0 saturated carbocycles. The molecule has 4 atom stereocenters. The first-order valence-electron chi connectivity index (χ1n) is 19.2. The maximum absolute atomic E-state index is 13.8. The summed E-state index contributed by atoms with van der Waals surface area (Å²) in [4.78, 5) is 59.1. The summed E-state index contributed by atoms with van der Waals surface area (Å²) in [6, 6.07) is 17.5. The maximum atomic E-state index is 13.8. The fourth-order valence-electron chi connectivity index (χ4n) is 7.71. The molecule has 294 valence electrons. The van der Waals surface area contributed by atoms with Gasteiger partial charge in [-0.1, -0.05) is 62.4 Å². The predicted molar refractivity (Wildman–Crippen MR) is 209 cm³/mol. The Balaban J connectivity index is 1.00. The lowest BCUT2D eigenvalue weighted by atomic mass is 9.90. The Morgan fingerprint density at radius 1 is 0.875 bits per heavy atom. The standard InChI is InChI=1S/C41H50N10O5/c1-26(2)41(3,56-40(42)54)39(53)51-21-6-9-35(51)37-44-23-32(48-37)30-16-12-28(13-17-30)27-10-14-29(15-11-27)31-22-43-36(47-31)34-8-5-20-50(34)38(52)33(45-25-55-4)24-49-19-7-18-46-49/h7,10-19,22-23,26,33-35,45H,5-6,8-9,20-21,24-25H2,1-4H3,(H2,42,54)(H,43,47)(H,44,48)/t33-,34-,35-,41-/m0/s1. The van der Waals surface area contributed by atoms with Crippen molar-refractivity contribution in [2.45, 2.75) is 76.7 Å². The third-order valence-electron chi connectivity index (χ3n) is 11.1. The minimum absolute atomic E-state index is 0.00297. The Kier molecular flexibility index (Phi) is 11.3. The molecule has 5 aromatic rings. The lowest BCUT2D eigenvalue weighted by Gasteiger charge is -2.36. The number of hydrogen-bond acceptors (Lipinski definition) is 9. The zero-order chi connectivity index (χ0) is 39.4. The number of aromatic nitrogens is 6. The van der Waals surface area contributed by atoms with Gasteiger partial charge in [0.05, 0.1) is 49.1 Å². The minimum Gasteiger partial charge on any atom is -0.433 e. The zero-order valence-corrected chi connectivity index (χ0v) is 32.3. The number of nitrogens with zero attached hydrogens (tertiary/aromatic N) is 6. The van der Waals surface area contributed by atoms with Crippen LogP contribution in [0.3, 0.4) is 0 Å². The Morgan fingerprint density at radius 3 is 1.91 bits per heavy atom. The number of likely N-dealkylation sites (tertiary alicyclic amines) is 2. The highest BCUT2D eigenvalue weighted by molar-refractivity contribution is 5.88. The lowest BCUT2D eigenvalue weighted by molar-refractivity contribution is -0.155. The largest absolute Gasteiger partial charge is 0.433 e. The van der Waals surface area contributed by atoms with E-state index in [9.17, 15) is 14.4 Å². The van der Waals surface area contributed by atoms with Crippen LogP contribution in [0.4, 0.5) is 4.79 Å². The second-order valence-corrected chi connectivity index (χ2v) is 15.0. The molecule has 15 nitrogen and oxygen atoms in total. The average Bonchev–Trinajstić information content (AvgIpc) is 4.05. The zero-order valence-electron chi connectivity index (χ0n) is 32.3. The number of amides is 3. The fourth-order valence-corrected chi connectivity index (χ4v) is 7.71. The van der Waals surface area contributed by atoms with E-state index in [0.29, 0.717) is 25.5 Å². The molecule has 3 amide bonds. The summed E-state index contributed by atoms with van der Waals surface area (Å²) < 4.78 is 12.3. The topological polar surface area (TPSA) is 189 Å². The third kappa shape index (κ3) is 7.95. The van der Waals surface area contributed by atoms with Gasteiger partial charge in [0, 0.05) is 38.5 Å². The van der Waals surface area contributed by atoms with Crippen LogP contribution in [0, 0.1) is 5.92 Å². The predicted octanol–water partition coefficient (Wildman–Crippen LogP) is 5.43. The highest BCUT2D eigenvalue weighted by Crippen LogP contribution is 2.37. The molecule has 5 heterocycles. The van der Waals surface area contributed by atoms with Crippen LogP contribution >= 0.6 is 0 Å². The van der Waals surface area contributed by atoms with Crippen molar-refractivity contribution < 1.29 is 23.9 Å². The number of imidazole rings is 2. The highest BCUT2D eigenvalue weighted by Gasteiger charge is 2.47. The lowest BCUT2D eigenvalue weighted by Crippen LogP contribution is -2.53. The number of benzene rings is 2. The van der Waals surface area contributed by atoms with Gasteiger partial charge in [-0.05, 0) is 60.9 Å². The summed E-state index contributed by atoms with van der Waals surface area (Å²) in [7, 11) is 1.60. The first-order chi connectivity index (χ1) is 27.0. The Labute approximate surface area is 326 Å². The molecule has 56 heavy (non-hydrogen) atoms. The van der Waals surface area contributed by atoms with Gasteiger partial charge < -0.3 is 35.0 Å². The summed E-state index contributed by atoms with van der Waals surface area (Å²) >= 11 is 0. The van der Waals surface area contributed by atoms with Gasteiger partial charge in [-0.25, -0.2) is 14.8 Å². The minimum atomic E-state index is -1.37. The van der Waals surface area contributed by atoms with E-state index in [-0.39, 0.29) is 36.5 Å². The highest BCUT2D eigenvalue weighted by atomic mass is 16.6. The number of carbonyl (C=O) groups excluding carboxylic acids is 3. The number of rotatable bonds is 14. The SMILES string of the molecule is COCN[C@@H](Cn1cccn1)C(=O)N1CCC[C@H]1c1ncc(-c2ccc(-c3ccc(-c4cnc([C@@H]5CCCN5C(=O)[C@@](C)(OC(N)=O)C(C)C)[nH]4)cc3)cc2)[nH]1. The van der Waals surface area contributed by atoms with Gasteiger partial charge in [-0.3, -0.25) is 19.6 Å². The normalized spacial score (nSPS) is 18.7. The maximum Gasteiger partial charge on any atom is 0.405 e. The average molecular weight is 763 g/mol. The van der Waals surface area contributed by atoms with Crippen molar-refractivity contribution in [1.29, 1.82) is 0 Å². The van der Waals surface area contributed by atoms with Gasteiger partial charge in [0.1, 0.15) is 17.7 Å². The van der Waals surface area contributed by atoms with Gasteiger partial charge in [-0.15, -0.1) is 0 Å². The van der Waals surface area contributed by atoms with Crippen LogP contribution in [0.2, 0.25) is 0 Å². The molecular weight excluding hydrogens is 713 g/mol. The fraction of sp³-hybridized carbons (Fsp3) is 0.415. The van der Waals surface area contributed by atoms with E-state index in [1.54, 1.807) is 36.0 Å². The molecule has 0 spiro atoms. The van der Waals surface area contributed by atoms with Crippen LogP contribution in [-0.2, 0) is 25.6 Å². The molecule has 15 heteroatoms. The van der Waals surface area contributed by atoms with Gasteiger partial charge in [-0.2, -0.15) is 5.10 Å². The van der Waals surface area contributed by atoms with Gasteiger partial charge in [0.25, 0.3) is 5.91 Å². The number of nitrogens with one attached hydrogen (secondary N) is 3. The number of nitrogens with two attached hydrogens (primary N) is 1. The van der Waals surface area contributed by atoms with Crippen LogP contribution in [0.15, 0.2) is 79.4 Å². The number of aromatic amines is 2. The van der Waals surface area contributed by atoms with E-state index in [0.717, 1.165) is 65.1 Å². The molecule has 0 aliphatic carbocycles. The molecule has 3 aromatic heterocycles. The smallest absolute Gasteiger partial charge is 0.405 e. The number of carbonyl (C=O) groups is 3. The monoisotopic (exact) mass is 762 g/mol. The molecule has 0 radical (unpaired) electrons. The molecule has 2 aliphatic heterocycles. The summed E-state index contributed by atoms with van der Waals surface area (Å²) in [5.74, 6) is 0.925. The quantitative estimate of drug-likeness (QED) is 0.107. The van der Waals surface area contributed by atoms with Gasteiger partial charge in [0.15, 0.2) is 5.60 Å². The van der Waals surface area contributed by atoms with Crippen molar-refractivity contribution in [2.24, 2.45) is 11.7 Å². The summed E-state index contributed by atoms with van der Waals surface area (Å²) in [5, 5.41) is 7.49. The first-order valence-corrected chi connectivity index (χ1v) is 19.2. The van der Waals surface area contributed by atoms with Crippen LogP contribution in [0.5, 0.6) is 0 Å². The Hall–Kier alpha value is -5.80. The van der Waals surface area contributed by atoms with Crippen LogP contribution in [-0.4, -0.2) is 96.0 Å². The summed E-state index contributed by atoms with van der Waals surface area (Å²) in [6.07, 6.45) is 9.49. The number of hydrogen-bond donors (Lipinski definition) is 4. The molecular formula is C41H50N10O5. The molecule has 2 saturated heterocycles. The van der Waals surface area contributed by atoms with Crippen LogP contribution < -0.4 is 11.1 Å². The molecule has 7 rings (SSSR count). The van der Waals surface area contributed by atoms with Crippen molar-refractivity contribution in [3.8, 4) is 33.6 Å². The van der Waals surface area contributed by atoms with E-state index < -0.39 is 17.7 Å². The number of ether oxygens (including phenoxy) is 2. The molecule has 0 unspecified atom stereocenters. The van der Waals surface area contributed by atoms with E-state index in [1.807, 2.05) is 37.2 Å². The number of H-pyrrole nitrogens is 2. The molecule has 5 N–H and O–H groups in total. The van der Waals surface area contributed by atoms with E-state index >= 15 is 0 Å². The molecule has 2 aromatic carbocycles. The molecule has 0 bridgehead atoms. The van der Waals surface area contributed by atoms with E-state index in [4.69, 9.17) is 20.2 Å². The summed E-state index contributed by atoms with van der Waals surface area (Å²) in [5.41, 5.74) is 9.80. The van der Waals surface area contributed by atoms with Crippen molar-refractivity contribution in [1.82, 2.24) is 44.8 Å². The van der Waals surface area contributed by atoms with Crippen molar-refractivity contribution in [3.05, 3.63) is 91.0 Å². The second kappa shape index (κ2) is 16.5. The molecule has 2 aliphatic rings. The van der Waals surface area contributed by atoms with E-state index in [2.05, 4.69) is 73.9 Å². The third-order valence-corrected chi connectivity index (χ3v) is 11.1. The second-order valence-electron chi connectivity index (χ2n) is 15.0. The first kappa shape index (κ1) is 38.5. The summed E-state index contributed by atoms with van der Waals surface area (Å²) in [6.45, 7) is 7.16. The van der Waals surface area contributed by atoms with E-state index in [1.165, 1.54) is 0 Å². The van der Waals surface area contributed by atoms with Crippen molar-refractivity contribution in [3.63, 3.8) is 0 Å². The Morgan fingerprint density at radius 2 is 1.41 bits per heavy atom. The van der Waals surface area contributed by atoms with Crippen molar-refractivity contribution >= 4 is 17.9 Å². The van der Waals surface area contributed by atoms with Crippen LogP contribution in [0.1, 0.15) is 70.2 Å². The van der Waals surface area contributed by atoms with Gasteiger partial charge >= 0.3 is 6.09 Å². The van der Waals surface area contributed by atoms with Crippen LogP contribution in [0.25, 0.3) is 33.6 Å². The number of methoxy groups -OCH3 is 1. The number of primary amides is 1.